The van der Waals surface area contributed by atoms with Crippen LogP contribution in [0.5, 0.6) is 0 Å². The highest BCUT2D eigenvalue weighted by molar-refractivity contribution is 8.00. The Morgan fingerprint density at radius 2 is 1.77 bits per heavy atom. The average Bonchev–Trinajstić information content (AvgIpc) is 2.78. The number of rotatable bonds is 8. The predicted molar refractivity (Wildman–Crippen MR) is 125 cm³/mol. The molecule has 2 aromatic rings. The first-order valence-corrected chi connectivity index (χ1v) is 11.6. The number of hydrogen-bond acceptors (Lipinski definition) is 4. The molecule has 2 aromatic carbocycles. The summed E-state index contributed by atoms with van der Waals surface area (Å²) in [4.78, 5) is 37.9. The van der Waals surface area contributed by atoms with E-state index >= 15 is 0 Å². The second kappa shape index (κ2) is 11.0. The van der Waals surface area contributed by atoms with E-state index in [0.29, 0.717) is 12.1 Å². The molecule has 1 unspecified atom stereocenters. The lowest BCUT2D eigenvalue weighted by molar-refractivity contribution is -0.120. The van der Waals surface area contributed by atoms with E-state index in [9.17, 15) is 14.4 Å². The second-order valence-corrected chi connectivity index (χ2v) is 9.04. The molecule has 1 saturated carbocycles. The Labute approximate surface area is 187 Å². The zero-order valence-corrected chi connectivity index (χ0v) is 18.5. The highest BCUT2D eigenvalue weighted by Crippen LogP contribution is 2.30. The quantitative estimate of drug-likeness (QED) is 0.514. The summed E-state index contributed by atoms with van der Waals surface area (Å²) in [6.07, 6.45) is 5.94. The van der Waals surface area contributed by atoms with Crippen LogP contribution in [0.4, 0.5) is 11.4 Å². The van der Waals surface area contributed by atoms with E-state index < -0.39 is 5.91 Å². The highest BCUT2D eigenvalue weighted by Gasteiger charge is 2.22. The third-order valence-corrected chi connectivity index (χ3v) is 6.83. The van der Waals surface area contributed by atoms with Gasteiger partial charge in [-0.25, -0.2) is 0 Å². The van der Waals surface area contributed by atoms with Crippen molar-refractivity contribution in [3.8, 4) is 0 Å². The molecule has 4 N–H and O–H groups in total. The van der Waals surface area contributed by atoms with E-state index in [0.717, 1.165) is 36.3 Å². The van der Waals surface area contributed by atoms with Crippen molar-refractivity contribution in [2.24, 2.45) is 11.7 Å². The summed E-state index contributed by atoms with van der Waals surface area (Å²) in [5.74, 6) is -0.616. The molecule has 0 aromatic heterocycles. The van der Waals surface area contributed by atoms with Gasteiger partial charge in [0.15, 0.2) is 0 Å². The summed E-state index contributed by atoms with van der Waals surface area (Å²) in [6, 6.07) is 14.3. The van der Waals surface area contributed by atoms with Crippen LogP contribution in [-0.4, -0.2) is 23.0 Å². The minimum absolute atomic E-state index is 0.0784. The molecule has 1 aliphatic carbocycles. The summed E-state index contributed by atoms with van der Waals surface area (Å²) < 4.78 is 0. The SMILES string of the molecule is CCC(Sc1cccc(NC(=O)C2CCCCC2)c1)C(=O)Nc1ccccc1C(N)=O. The van der Waals surface area contributed by atoms with Gasteiger partial charge in [-0.2, -0.15) is 0 Å². The number of carbonyl (C=O) groups excluding carboxylic acids is 3. The van der Waals surface area contributed by atoms with E-state index in [2.05, 4.69) is 10.6 Å². The summed E-state index contributed by atoms with van der Waals surface area (Å²) >= 11 is 1.43. The number of benzene rings is 2. The van der Waals surface area contributed by atoms with Crippen LogP contribution >= 0.6 is 11.8 Å². The van der Waals surface area contributed by atoms with Gasteiger partial charge in [0.1, 0.15) is 0 Å². The second-order valence-electron chi connectivity index (χ2n) is 7.77. The molecule has 3 rings (SSSR count). The van der Waals surface area contributed by atoms with Crippen molar-refractivity contribution in [3.63, 3.8) is 0 Å². The van der Waals surface area contributed by atoms with Gasteiger partial charge >= 0.3 is 0 Å². The number of para-hydroxylation sites is 1. The number of carbonyl (C=O) groups is 3. The summed E-state index contributed by atoms with van der Waals surface area (Å²) in [5, 5.41) is 5.49. The van der Waals surface area contributed by atoms with Crippen LogP contribution in [0.15, 0.2) is 53.4 Å². The van der Waals surface area contributed by atoms with Gasteiger partial charge in [0.05, 0.1) is 16.5 Å². The molecular formula is C24H29N3O3S. The third kappa shape index (κ3) is 6.34. The molecule has 164 valence electrons. The van der Waals surface area contributed by atoms with E-state index in [-0.39, 0.29) is 28.5 Å². The number of amides is 3. The van der Waals surface area contributed by atoms with Gasteiger partial charge < -0.3 is 16.4 Å². The Kier molecular flexibility index (Phi) is 8.12. The Morgan fingerprint density at radius 1 is 1.03 bits per heavy atom. The van der Waals surface area contributed by atoms with Gasteiger partial charge in [-0.15, -0.1) is 11.8 Å². The zero-order chi connectivity index (χ0) is 22.2. The van der Waals surface area contributed by atoms with Crippen molar-refractivity contribution in [2.75, 3.05) is 10.6 Å². The maximum absolute atomic E-state index is 12.8. The summed E-state index contributed by atoms with van der Waals surface area (Å²) in [5.41, 5.74) is 6.84. The minimum Gasteiger partial charge on any atom is -0.366 e. The molecule has 0 bridgehead atoms. The number of primary amides is 1. The third-order valence-electron chi connectivity index (χ3n) is 5.47. The largest absolute Gasteiger partial charge is 0.366 e. The zero-order valence-electron chi connectivity index (χ0n) is 17.7. The Hall–Kier alpha value is -2.80. The number of thioether (sulfide) groups is 1. The van der Waals surface area contributed by atoms with Crippen LogP contribution in [0.1, 0.15) is 55.8 Å². The van der Waals surface area contributed by atoms with Crippen molar-refractivity contribution < 1.29 is 14.4 Å². The standard InChI is InChI=1S/C24H29N3O3S/c1-2-21(24(30)27-20-14-7-6-13-19(20)22(25)28)31-18-12-8-11-17(15-18)26-23(29)16-9-4-3-5-10-16/h6-8,11-16,21H,2-5,9-10H2,1H3,(H2,25,28)(H,26,29)(H,27,30). The van der Waals surface area contributed by atoms with Gasteiger partial charge in [-0.1, -0.05) is 44.4 Å². The minimum atomic E-state index is -0.585. The van der Waals surface area contributed by atoms with Gasteiger partial charge in [0, 0.05) is 16.5 Å². The lowest BCUT2D eigenvalue weighted by Gasteiger charge is -2.21. The summed E-state index contributed by atoms with van der Waals surface area (Å²) in [6.45, 7) is 1.94. The molecule has 3 amide bonds. The molecule has 0 saturated heterocycles. The number of anilines is 2. The van der Waals surface area contributed by atoms with Gasteiger partial charge in [0.25, 0.3) is 5.91 Å². The topological polar surface area (TPSA) is 101 Å². The van der Waals surface area contributed by atoms with Crippen molar-refractivity contribution in [1.82, 2.24) is 0 Å². The number of nitrogens with one attached hydrogen (secondary N) is 2. The fourth-order valence-electron chi connectivity index (χ4n) is 3.76. The van der Waals surface area contributed by atoms with Crippen molar-refractivity contribution in [2.45, 2.75) is 55.6 Å². The van der Waals surface area contributed by atoms with Gasteiger partial charge in [-0.3, -0.25) is 14.4 Å². The molecule has 1 atom stereocenters. The molecule has 1 fully saturated rings. The van der Waals surface area contributed by atoms with Crippen molar-refractivity contribution in [1.29, 1.82) is 0 Å². The average molecular weight is 440 g/mol. The first kappa shape index (κ1) is 22.9. The molecular weight excluding hydrogens is 410 g/mol. The van der Waals surface area contributed by atoms with Gasteiger partial charge in [-0.05, 0) is 49.6 Å². The first-order chi connectivity index (χ1) is 15.0. The molecule has 0 aliphatic heterocycles. The maximum Gasteiger partial charge on any atom is 0.250 e. The first-order valence-electron chi connectivity index (χ1n) is 10.7. The monoisotopic (exact) mass is 439 g/mol. The fraction of sp³-hybridized carbons (Fsp3) is 0.375. The molecule has 7 heteroatoms. The summed E-state index contributed by atoms with van der Waals surface area (Å²) in [7, 11) is 0. The molecule has 31 heavy (non-hydrogen) atoms. The normalized spacial score (nSPS) is 15.1. The van der Waals surface area contributed by atoms with Gasteiger partial charge in [0.2, 0.25) is 11.8 Å². The fourth-order valence-corrected chi connectivity index (χ4v) is 4.78. The highest BCUT2D eigenvalue weighted by atomic mass is 32.2. The lowest BCUT2D eigenvalue weighted by Crippen LogP contribution is -2.26. The molecule has 1 aliphatic rings. The number of nitrogens with two attached hydrogens (primary N) is 1. The smallest absolute Gasteiger partial charge is 0.250 e. The Morgan fingerprint density at radius 3 is 2.48 bits per heavy atom. The van der Waals surface area contributed by atoms with Crippen molar-refractivity contribution in [3.05, 3.63) is 54.1 Å². The van der Waals surface area contributed by atoms with Crippen LogP contribution in [0.25, 0.3) is 0 Å². The Bertz CT molecular complexity index is 941. The predicted octanol–water partition coefficient (Wildman–Crippen LogP) is 4.81. The van der Waals surface area contributed by atoms with E-state index in [1.165, 1.54) is 18.2 Å². The van der Waals surface area contributed by atoms with Crippen LogP contribution in [0.2, 0.25) is 0 Å². The molecule has 0 spiro atoms. The molecule has 0 radical (unpaired) electrons. The Balaban J connectivity index is 1.65. The molecule has 6 nitrogen and oxygen atoms in total. The lowest BCUT2D eigenvalue weighted by atomic mass is 9.88. The van der Waals surface area contributed by atoms with Crippen LogP contribution in [0.3, 0.4) is 0 Å². The van der Waals surface area contributed by atoms with Crippen LogP contribution < -0.4 is 16.4 Å². The van der Waals surface area contributed by atoms with E-state index in [1.54, 1.807) is 24.3 Å². The van der Waals surface area contributed by atoms with Crippen LogP contribution in [0, 0.1) is 5.92 Å². The van der Waals surface area contributed by atoms with E-state index in [1.807, 2.05) is 31.2 Å². The maximum atomic E-state index is 12.8. The number of hydrogen-bond donors (Lipinski definition) is 3. The molecule has 0 heterocycles. The van der Waals surface area contributed by atoms with Crippen LogP contribution in [-0.2, 0) is 9.59 Å². The van der Waals surface area contributed by atoms with E-state index in [4.69, 9.17) is 5.73 Å². The van der Waals surface area contributed by atoms with Crippen molar-refractivity contribution >= 4 is 40.9 Å².